The first-order chi connectivity index (χ1) is 7.36. The molecule has 16 heavy (non-hydrogen) atoms. The lowest BCUT2D eigenvalue weighted by Crippen LogP contribution is -2.36. The Morgan fingerprint density at radius 3 is 1.62 bits per heavy atom. The normalized spacial score (nSPS) is 10.6. The van der Waals surface area contributed by atoms with Crippen LogP contribution in [0.4, 0.5) is 0 Å². The van der Waals surface area contributed by atoms with Crippen LogP contribution in [-0.2, 0) is 4.79 Å². The van der Waals surface area contributed by atoms with Gasteiger partial charge in [-0.15, -0.1) is 0 Å². The van der Waals surface area contributed by atoms with Crippen molar-refractivity contribution in [2.45, 2.75) is 72.9 Å². The molecule has 1 N–H and O–H groups in total. The molecule has 0 aromatic rings. The Hall–Kier alpha value is -0.570. The summed E-state index contributed by atoms with van der Waals surface area (Å²) < 4.78 is 0. The van der Waals surface area contributed by atoms with Crippen molar-refractivity contribution >= 4 is 5.97 Å². The van der Waals surface area contributed by atoms with Gasteiger partial charge in [0, 0.05) is 18.5 Å². The van der Waals surface area contributed by atoms with Crippen LogP contribution in [0.5, 0.6) is 0 Å². The summed E-state index contributed by atoms with van der Waals surface area (Å²) in [6, 6.07) is 1.38. The number of unbranched alkanes of at least 4 members (excludes halogenated alkanes) is 1. The van der Waals surface area contributed by atoms with Crippen molar-refractivity contribution in [1.29, 1.82) is 0 Å². The molecule has 0 saturated carbocycles. The molecule has 0 aliphatic rings. The maximum atomic E-state index is 9.76. The minimum Gasteiger partial charge on any atom is -0.481 e. The van der Waals surface area contributed by atoms with E-state index in [1.165, 1.54) is 0 Å². The van der Waals surface area contributed by atoms with E-state index in [9.17, 15) is 4.79 Å². The molecular weight excluding hydrogens is 202 g/mol. The Balaban J connectivity index is 0. The van der Waals surface area contributed by atoms with Gasteiger partial charge in [-0.2, -0.15) is 0 Å². The van der Waals surface area contributed by atoms with E-state index < -0.39 is 5.97 Å². The molecular formula is C13H29NO2. The van der Waals surface area contributed by atoms with Gasteiger partial charge >= 0.3 is 5.97 Å². The third kappa shape index (κ3) is 11.5. The third-order valence-electron chi connectivity index (χ3n) is 2.44. The van der Waals surface area contributed by atoms with Crippen molar-refractivity contribution in [2.75, 3.05) is 6.54 Å². The van der Waals surface area contributed by atoms with Crippen LogP contribution in [0.15, 0.2) is 0 Å². The Bertz CT molecular complexity index is 159. The second-order valence-corrected chi connectivity index (χ2v) is 4.52. The molecule has 0 bridgehead atoms. The molecule has 0 heterocycles. The van der Waals surface area contributed by atoms with Crippen molar-refractivity contribution < 1.29 is 9.90 Å². The average Bonchev–Trinajstić information content (AvgIpc) is 2.15. The van der Waals surface area contributed by atoms with E-state index in [-0.39, 0.29) is 0 Å². The fraction of sp³-hybridized carbons (Fsp3) is 0.923. The van der Waals surface area contributed by atoms with E-state index in [4.69, 9.17) is 5.11 Å². The highest BCUT2D eigenvalue weighted by Gasteiger charge is 2.08. The Labute approximate surface area is 101 Å². The monoisotopic (exact) mass is 231 g/mol. The van der Waals surface area contributed by atoms with Gasteiger partial charge in [-0.3, -0.25) is 9.69 Å². The zero-order chi connectivity index (χ0) is 13.1. The lowest BCUT2D eigenvalue weighted by atomic mass is 10.2. The first kappa shape index (κ1) is 17.8. The summed E-state index contributed by atoms with van der Waals surface area (Å²) >= 11 is 0. The van der Waals surface area contributed by atoms with E-state index >= 15 is 0 Å². The lowest BCUT2D eigenvalue weighted by molar-refractivity contribution is -0.137. The van der Waals surface area contributed by atoms with Gasteiger partial charge in [0.2, 0.25) is 0 Å². The molecule has 0 fully saturated rings. The molecule has 0 saturated heterocycles. The minimum atomic E-state index is -0.693. The molecule has 0 radical (unpaired) electrons. The van der Waals surface area contributed by atoms with E-state index in [0.29, 0.717) is 18.5 Å². The maximum absolute atomic E-state index is 9.76. The number of carboxylic acids is 1. The number of carboxylic acid groups (broad SMARTS) is 1. The fourth-order valence-electron chi connectivity index (χ4n) is 1.65. The van der Waals surface area contributed by atoms with E-state index in [0.717, 1.165) is 19.4 Å². The highest BCUT2D eigenvalue weighted by atomic mass is 16.4. The molecule has 3 nitrogen and oxygen atoms in total. The number of rotatable bonds is 6. The summed E-state index contributed by atoms with van der Waals surface area (Å²) in [7, 11) is 0. The van der Waals surface area contributed by atoms with Crippen molar-refractivity contribution in [1.82, 2.24) is 4.90 Å². The van der Waals surface area contributed by atoms with Gasteiger partial charge < -0.3 is 5.11 Å². The number of hydrogen-bond acceptors (Lipinski definition) is 2. The van der Waals surface area contributed by atoms with Crippen LogP contribution in [0.1, 0.15) is 60.8 Å². The highest BCUT2D eigenvalue weighted by Crippen LogP contribution is 2.02. The lowest BCUT2D eigenvalue weighted by Gasteiger charge is -2.28. The largest absolute Gasteiger partial charge is 0.481 e. The molecule has 98 valence electrons. The fourth-order valence-corrected chi connectivity index (χ4v) is 1.65. The predicted molar refractivity (Wildman–Crippen MR) is 69.8 cm³/mol. The molecule has 0 spiro atoms. The smallest absolute Gasteiger partial charge is 0.303 e. The van der Waals surface area contributed by atoms with Crippen molar-refractivity contribution in [3.63, 3.8) is 0 Å². The van der Waals surface area contributed by atoms with Crippen LogP contribution in [-0.4, -0.2) is 34.6 Å². The van der Waals surface area contributed by atoms with Crippen LogP contribution in [0.2, 0.25) is 0 Å². The minimum absolute atomic E-state index is 0.316. The molecule has 0 aromatic carbocycles. The van der Waals surface area contributed by atoms with Gasteiger partial charge in [-0.1, -0.05) is 20.3 Å². The maximum Gasteiger partial charge on any atom is 0.303 e. The van der Waals surface area contributed by atoms with Gasteiger partial charge in [0.15, 0.2) is 0 Å². The zero-order valence-corrected chi connectivity index (χ0v) is 11.8. The van der Waals surface area contributed by atoms with E-state index in [2.05, 4.69) is 39.5 Å². The van der Waals surface area contributed by atoms with Crippen LogP contribution < -0.4 is 0 Å². The number of hydrogen-bond donors (Lipinski definition) is 1. The van der Waals surface area contributed by atoms with Crippen molar-refractivity contribution in [2.24, 2.45) is 0 Å². The second kappa shape index (κ2) is 10.9. The second-order valence-electron chi connectivity index (χ2n) is 4.52. The first-order valence-corrected chi connectivity index (χ1v) is 6.34. The van der Waals surface area contributed by atoms with Crippen LogP contribution in [0.25, 0.3) is 0 Å². The predicted octanol–water partition coefficient (Wildman–Crippen LogP) is 3.39. The number of nitrogens with zero attached hydrogens (tertiary/aromatic N) is 1. The van der Waals surface area contributed by atoms with Gasteiger partial charge in [0.1, 0.15) is 0 Å². The Morgan fingerprint density at radius 2 is 1.56 bits per heavy atom. The molecule has 0 rings (SSSR count). The van der Waals surface area contributed by atoms with Gasteiger partial charge in [-0.05, 0) is 40.7 Å². The summed E-state index contributed by atoms with van der Waals surface area (Å²) in [6.45, 7) is 14.3. The van der Waals surface area contributed by atoms with Gasteiger partial charge in [-0.25, -0.2) is 0 Å². The SMILES string of the molecule is CCCCC(=O)O.CCN(C(C)C)C(C)C. The topological polar surface area (TPSA) is 40.5 Å². The van der Waals surface area contributed by atoms with Crippen LogP contribution in [0, 0.1) is 0 Å². The summed E-state index contributed by atoms with van der Waals surface area (Å²) in [5.74, 6) is -0.693. The summed E-state index contributed by atoms with van der Waals surface area (Å²) in [5, 5.41) is 8.04. The van der Waals surface area contributed by atoms with E-state index in [1.807, 2.05) is 6.92 Å². The van der Waals surface area contributed by atoms with Gasteiger partial charge in [0.25, 0.3) is 0 Å². The molecule has 0 amide bonds. The molecule has 0 aliphatic carbocycles. The number of carbonyl (C=O) groups is 1. The Morgan fingerprint density at radius 1 is 1.12 bits per heavy atom. The molecule has 0 aromatic heterocycles. The molecule has 0 unspecified atom stereocenters. The zero-order valence-electron chi connectivity index (χ0n) is 11.8. The van der Waals surface area contributed by atoms with Crippen LogP contribution >= 0.6 is 0 Å². The van der Waals surface area contributed by atoms with Crippen molar-refractivity contribution in [3.05, 3.63) is 0 Å². The average molecular weight is 231 g/mol. The third-order valence-corrected chi connectivity index (χ3v) is 2.44. The molecule has 0 aliphatic heterocycles. The number of aliphatic carboxylic acids is 1. The van der Waals surface area contributed by atoms with Crippen molar-refractivity contribution in [3.8, 4) is 0 Å². The molecule has 3 heteroatoms. The summed E-state index contributed by atoms with van der Waals surface area (Å²) in [6.07, 6.45) is 2.08. The molecule has 0 atom stereocenters. The van der Waals surface area contributed by atoms with E-state index in [1.54, 1.807) is 0 Å². The Kier molecular flexibility index (Phi) is 12.2. The summed E-state index contributed by atoms with van der Waals surface area (Å²) in [5.41, 5.74) is 0. The summed E-state index contributed by atoms with van der Waals surface area (Å²) in [4.78, 5) is 12.2. The highest BCUT2D eigenvalue weighted by molar-refractivity contribution is 5.66. The quantitative estimate of drug-likeness (QED) is 0.761. The first-order valence-electron chi connectivity index (χ1n) is 6.34. The standard InChI is InChI=1S/C8H19N.C5H10O2/c1-6-9(7(2)3)8(4)5;1-2-3-4-5(6)7/h7-8H,6H2,1-5H3;2-4H2,1H3,(H,6,7). The van der Waals surface area contributed by atoms with Gasteiger partial charge in [0.05, 0.1) is 0 Å². The van der Waals surface area contributed by atoms with Crippen LogP contribution in [0.3, 0.4) is 0 Å².